The maximum atomic E-state index is 10.4. The molecule has 46 valence electrons. The van der Waals surface area contributed by atoms with E-state index in [9.17, 15) is 9.70 Å². The van der Waals surface area contributed by atoms with Gasteiger partial charge in [-0.2, -0.15) is 0 Å². The van der Waals surface area contributed by atoms with Crippen molar-refractivity contribution in [3.63, 3.8) is 0 Å². The van der Waals surface area contributed by atoms with Crippen molar-refractivity contribution in [2.75, 3.05) is 0 Å². The normalized spacial score (nSPS) is 9.78. The van der Waals surface area contributed by atoms with Gasteiger partial charge in [-0.3, -0.25) is 4.79 Å². The Kier molecular flexibility index (Phi) is 1.75. The molecule has 1 amide bonds. The molecule has 0 saturated carbocycles. The van der Waals surface area contributed by atoms with E-state index in [4.69, 9.17) is 0 Å². The third-order valence-corrected chi connectivity index (χ3v) is 1.96. The smallest absolute Gasteiger partial charge is 0.263 e. The Balaban J connectivity index is 2.89. The molecule has 1 rings (SSSR count). The van der Waals surface area contributed by atoms with Gasteiger partial charge in [-0.1, -0.05) is 6.07 Å². The number of rotatable bonds is 1. The Morgan fingerprint density at radius 2 is 2.44 bits per heavy atom. The van der Waals surface area contributed by atoms with Crippen LogP contribution in [0.5, 0.6) is 0 Å². The lowest BCUT2D eigenvalue weighted by molar-refractivity contribution is 0.100. The third-order valence-electron chi connectivity index (χ3n) is 0.911. The van der Waals surface area contributed by atoms with Crippen LogP contribution in [0.3, 0.4) is 0 Å². The van der Waals surface area contributed by atoms with Crippen LogP contribution in [0.1, 0.15) is 10.1 Å². The molecule has 1 aromatic heterocycles. The summed E-state index contributed by atoms with van der Waals surface area (Å²) in [7, 11) is 0.324. The molecule has 0 bridgehead atoms. The third kappa shape index (κ3) is 1.24. The molecule has 0 aliphatic heterocycles. The van der Waals surface area contributed by atoms with Gasteiger partial charge in [0.05, 0.1) is 5.30 Å². The highest BCUT2D eigenvalue weighted by molar-refractivity contribution is 7.31. The number of hydrogen-bond acceptors (Lipinski definition) is 2. The second kappa shape index (κ2) is 2.55. The number of carbonyl (C=O) groups excluding carboxylic acids is 1. The summed E-state index contributed by atoms with van der Waals surface area (Å²) in [5, 5.41) is 2.78. The predicted octanol–water partition coefficient (Wildman–Crippen LogP) is 1.62. The standard InChI is InChI=1S/C5H4NO2P/c7-5(6-8)4-2-1-3-9-4/h1-3,9H. The van der Waals surface area contributed by atoms with Gasteiger partial charge in [-0.05, 0) is 11.9 Å². The molecule has 0 radical (unpaired) electrons. The van der Waals surface area contributed by atoms with E-state index in [1.165, 1.54) is 0 Å². The first-order chi connectivity index (χ1) is 4.34. The van der Waals surface area contributed by atoms with E-state index in [-0.39, 0.29) is 0 Å². The van der Waals surface area contributed by atoms with Gasteiger partial charge in [-0.15, -0.1) is 13.1 Å². The van der Waals surface area contributed by atoms with Crippen LogP contribution in [0.4, 0.5) is 0 Å². The molecule has 1 atom stereocenters. The topological polar surface area (TPSA) is 46.5 Å². The summed E-state index contributed by atoms with van der Waals surface area (Å²) in [6, 6.07) is 3.36. The fourth-order valence-corrected chi connectivity index (χ4v) is 1.25. The molecule has 0 aliphatic carbocycles. The fourth-order valence-electron chi connectivity index (χ4n) is 0.513. The Morgan fingerprint density at radius 1 is 1.67 bits per heavy atom. The van der Waals surface area contributed by atoms with Gasteiger partial charge >= 0.3 is 5.91 Å². The van der Waals surface area contributed by atoms with Gasteiger partial charge in [0.25, 0.3) is 0 Å². The van der Waals surface area contributed by atoms with Crippen molar-refractivity contribution in [2.45, 2.75) is 0 Å². The van der Waals surface area contributed by atoms with Gasteiger partial charge in [0.2, 0.25) is 0 Å². The summed E-state index contributed by atoms with van der Waals surface area (Å²) in [5.74, 6) is 1.19. The van der Waals surface area contributed by atoms with E-state index in [1.807, 2.05) is 5.80 Å². The van der Waals surface area contributed by atoms with E-state index in [0.29, 0.717) is 13.5 Å². The lowest BCUT2D eigenvalue weighted by Crippen LogP contribution is -1.85. The number of amides is 1. The second-order valence-corrected chi connectivity index (χ2v) is 2.64. The first-order valence-corrected chi connectivity index (χ1v) is 3.43. The molecule has 1 heterocycles. The average Bonchev–Trinajstić information content (AvgIpc) is 2.37. The quantitative estimate of drug-likeness (QED) is 0.558. The molecule has 1 aromatic rings. The van der Waals surface area contributed by atoms with Crippen molar-refractivity contribution in [3.8, 4) is 0 Å². The first-order valence-electron chi connectivity index (χ1n) is 2.35. The zero-order valence-corrected chi connectivity index (χ0v) is 5.50. The van der Waals surface area contributed by atoms with Crippen LogP contribution in [0.15, 0.2) is 23.1 Å². The minimum Gasteiger partial charge on any atom is -0.263 e. The fraction of sp³-hybridized carbons (Fsp3) is 0. The molecule has 0 fully saturated rings. The Hall–Kier alpha value is -0.950. The molecule has 4 heteroatoms. The van der Waals surface area contributed by atoms with E-state index < -0.39 is 5.91 Å². The Labute approximate surface area is 53.1 Å². The van der Waals surface area contributed by atoms with Crippen LogP contribution in [-0.4, -0.2) is 5.91 Å². The summed E-state index contributed by atoms with van der Waals surface area (Å²) in [5.41, 5.74) is 0. The summed E-state index contributed by atoms with van der Waals surface area (Å²) in [6.07, 6.45) is 0. The molecule has 0 aliphatic rings. The largest absolute Gasteiger partial charge is 0.320 e. The molecule has 1 unspecified atom stereocenters. The minimum atomic E-state index is -0.640. The van der Waals surface area contributed by atoms with Crippen molar-refractivity contribution >= 4 is 14.1 Å². The molecule has 9 heavy (non-hydrogen) atoms. The summed E-state index contributed by atoms with van der Waals surface area (Å²) >= 11 is 0. The van der Waals surface area contributed by atoms with Crippen LogP contribution < -0.4 is 0 Å². The van der Waals surface area contributed by atoms with Crippen molar-refractivity contribution in [1.29, 1.82) is 0 Å². The van der Waals surface area contributed by atoms with Crippen LogP contribution in [-0.2, 0) is 0 Å². The first kappa shape index (κ1) is 6.17. The van der Waals surface area contributed by atoms with Crippen molar-refractivity contribution in [1.82, 2.24) is 0 Å². The summed E-state index contributed by atoms with van der Waals surface area (Å²) in [6.45, 7) is 0. The number of nitroso groups, excluding NO2 is 1. The molecular formula is C5H4NO2P. The molecule has 3 nitrogen and oxygen atoms in total. The van der Waals surface area contributed by atoms with Crippen LogP contribution in [0.25, 0.3) is 0 Å². The van der Waals surface area contributed by atoms with Crippen molar-refractivity contribution in [2.24, 2.45) is 5.18 Å². The van der Waals surface area contributed by atoms with Gasteiger partial charge in [0.1, 0.15) is 0 Å². The van der Waals surface area contributed by atoms with Gasteiger partial charge in [0.15, 0.2) is 0 Å². The molecule has 0 N–H and O–H groups in total. The SMILES string of the molecule is O=NC(=O)c1ccc[pH]1. The van der Waals surface area contributed by atoms with Gasteiger partial charge < -0.3 is 0 Å². The van der Waals surface area contributed by atoms with E-state index in [0.717, 1.165) is 0 Å². The summed E-state index contributed by atoms with van der Waals surface area (Å²) < 4.78 is 0. The molecule has 0 aromatic carbocycles. The zero-order valence-electron chi connectivity index (χ0n) is 4.50. The number of hydrogen-bond donors (Lipinski definition) is 0. The van der Waals surface area contributed by atoms with E-state index in [2.05, 4.69) is 5.18 Å². The molecule has 0 saturated heterocycles. The van der Waals surface area contributed by atoms with Crippen LogP contribution >= 0.6 is 8.19 Å². The van der Waals surface area contributed by atoms with Crippen LogP contribution in [0.2, 0.25) is 0 Å². The molecule has 0 spiro atoms. The van der Waals surface area contributed by atoms with Crippen molar-refractivity contribution < 1.29 is 4.79 Å². The zero-order chi connectivity index (χ0) is 6.69. The minimum absolute atomic E-state index is 0.324. The highest BCUT2D eigenvalue weighted by atomic mass is 31.0. The Morgan fingerprint density at radius 3 is 2.89 bits per heavy atom. The van der Waals surface area contributed by atoms with E-state index in [1.54, 1.807) is 12.1 Å². The van der Waals surface area contributed by atoms with E-state index >= 15 is 0 Å². The second-order valence-electron chi connectivity index (χ2n) is 1.48. The lowest BCUT2D eigenvalue weighted by atomic mass is 10.5. The maximum absolute atomic E-state index is 10.4. The summed E-state index contributed by atoms with van der Waals surface area (Å²) in [4.78, 5) is 20.1. The average molecular weight is 141 g/mol. The number of carbonyl (C=O) groups is 1. The molecular weight excluding hydrogens is 137 g/mol. The lowest BCUT2D eigenvalue weighted by Gasteiger charge is -1.78. The van der Waals surface area contributed by atoms with Crippen molar-refractivity contribution in [3.05, 3.63) is 28.1 Å². The van der Waals surface area contributed by atoms with Gasteiger partial charge in [0, 0.05) is 5.18 Å². The number of nitrogens with zero attached hydrogens (tertiary/aromatic N) is 1. The van der Waals surface area contributed by atoms with Crippen LogP contribution in [0, 0.1) is 4.91 Å². The monoisotopic (exact) mass is 141 g/mol. The Bertz CT molecular complexity index is 217. The maximum Gasteiger partial charge on any atom is 0.320 e. The highest BCUT2D eigenvalue weighted by Gasteiger charge is 2.02. The highest BCUT2D eigenvalue weighted by Crippen LogP contribution is 2.14. The predicted molar refractivity (Wildman–Crippen MR) is 36.1 cm³/mol. The van der Waals surface area contributed by atoms with Gasteiger partial charge in [-0.25, -0.2) is 0 Å².